The summed E-state index contributed by atoms with van der Waals surface area (Å²) in [5.41, 5.74) is 1.41. The summed E-state index contributed by atoms with van der Waals surface area (Å²) in [6.45, 7) is 9.98. The molecule has 2 N–H and O–H groups in total. The smallest absolute Gasteiger partial charge is 0.262 e. The average Bonchev–Trinajstić information content (AvgIpc) is 3.36. The van der Waals surface area contributed by atoms with Gasteiger partial charge in [0.05, 0.1) is 5.69 Å². The number of nitrogens with zero attached hydrogens (tertiary/aromatic N) is 5. The molecule has 1 amide bonds. The molecule has 2 aromatic rings. The Morgan fingerprint density at radius 1 is 1.34 bits per heavy atom. The highest BCUT2D eigenvalue weighted by Gasteiger charge is 2.16. The molecule has 1 fully saturated rings. The Hall–Kier alpha value is -3.30. The van der Waals surface area contributed by atoms with Crippen LogP contribution in [0, 0.1) is 0 Å². The average molecular weight is 438 g/mol. The van der Waals surface area contributed by atoms with Crippen LogP contribution < -0.4 is 15.4 Å². The molecule has 32 heavy (non-hydrogen) atoms. The molecule has 0 bridgehead atoms. The van der Waals surface area contributed by atoms with Gasteiger partial charge in [-0.05, 0) is 67.2 Å². The Balaban J connectivity index is 1.43. The monoisotopic (exact) mass is 437 g/mol. The molecule has 0 unspecified atom stereocenters. The molecule has 9 nitrogen and oxygen atoms in total. The van der Waals surface area contributed by atoms with Crippen LogP contribution in [-0.2, 0) is 4.79 Å². The first-order valence-corrected chi connectivity index (χ1v) is 10.9. The third-order valence-electron chi connectivity index (χ3n) is 5.24. The molecule has 170 valence electrons. The number of tetrazole rings is 1. The lowest BCUT2D eigenvalue weighted by Gasteiger charge is -2.31. The van der Waals surface area contributed by atoms with Crippen LogP contribution in [0.15, 0.2) is 67.2 Å². The van der Waals surface area contributed by atoms with Gasteiger partial charge in [0.25, 0.3) is 5.91 Å². The fraction of sp³-hybridized carbons (Fsp3) is 0.391. The zero-order chi connectivity index (χ0) is 22.6. The largest absolute Gasteiger partial charge is 0.484 e. The van der Waals surface area contributed by atoms with Gasteiger partial charge in [-0.25, -0.2) is 4.68 Å². The van der Waals surface area contributed by atoms with Crippen molar-refractivity contribution in [3.63, 3.8) is 0 Å². The molecular formula is C23H31N7O2. The van der Waals surface area contributed by atoms with Gasteiger partial charge >= 0.3 is 0 Å². The van der Waals surface area contributed by atoms with Crippen LogP contribution in [0.25, 0.3) is 5.69 Å². The van der Waals surface area contributed by atoms with E-state index in [9.17, 15) is 4.79 Å². The third-order valence-corrected chi connectivity index (χ3v) is 5.24. The number of aromatic nitrogens is 4. The van der Waals surface area contributed by atoms with Crippen molar-refractivity contribution in [1.82, 2.24) is 35.7 Å². The Bertz CT molecular complexity index is 916. The summed E-state index contributed by atoms with van der Waals surface area (Å²) in [5.74, 6) is 0.298. The highest BCUT2D eigenvalue weighted by molar-refractivity contribution is 5.79. The van der Waals surface area contributed by atoms with Crippen molar-refractivity contribution < 1.29 is 9.53 Å². The predicted octanol–water partition coefficient (Wildman–Crippen LogP) is 1.86. The second-order valence-corrected chi connectivity index (χ2v) is 7.47. The van der Waals surface area contributed by atoms with Crippen molar-refractivity contribution in [2.24, 2.45) is 0 Å². The number of carbonyl (C=O) groups is 1. The first-order chi connectivity index (χ1) is 15.7. The van der Waals surface area contributed by atoms with Crippen molar-refractivity contribution in [2.45, 2.75) is 25.8 Å². The van der Waals surface area contributed by atoms with Crippen LogP contribution >= 0.6 is 0 Å². The lowest BCUT2D eigenvalue weighted by Crippen LogP contribution is -2.42. The Labute approximate surface area is 188 Å². The van der Waals surface area contributed by atoms with Crippen LogP contribution in [0.2, 0.25) is 0 Å². The van der Waals surface area contributed by atoms with Crippen LogP contribution in [0.1, 0.15) is 19.8 Å². The van der Waals surface area contributed by atoms with E-state index >= 15 is 0 Å². The molecule has 0 spiro atoms. The Morgan fingerprint density at radius 3 is 2.91 bits per heavy atom. The van der Waals surface area contributed by atoms with Gasteiger partial charge in [-0.1, -0.05) is 31.7 Å². The number of nitrogens with one attached hydrogen (secondary N) is 2. The lowest BCUT2D eigenvalue weighted by atomic mass is 10.1. The maximum Gasteiger partial charge on any atom is 0.262 e. The van der Waals surface area contributed by atoms with Gasteiger partial charge < -0.3 is 20.3 Å². The second-order valence-electron chi connectivity index (χ2n) is 7.47. The van der Waals surface area contributed by atoms with Gasteiger partial charge in [-0.15, -0.1) is 5.10 Å². The van der Waals surface area contributed by atoms with Crippen LogP contribution in [-0.4, -0.2) is 69.8 Å². The molecule has 1 saturated heterocycles. The van der Waals surface area contributed by atoms with E-state index in [-0.39, 0.29) is 12.5 Å². The molecule has 0 saturated carbocycles. The lowest BCUT2D eigenvalue weighted by molar-refractivity contribution is -0.122. The molecule has 0 atom stereocenters. The number of hydrogen-bond acceptors (Lipinski definition) is 7. The molecule has 1 aromatic heterocycles. The number of benzene rings is 1. The fourth-order valence-corrected chi connectivity index (χ4v) is 3.48. The maximum absolute atomic E-state index is 12.4. The molecule has 1 aliphatic rings. The van der Waals surface area contributed by atoms with E-state index in [0.717, 1.165) is 31.9 Å². The summed E-state index contributed by atoms with van der Waals surface area (Å²) in [4.78, 5) is 14.8. The number of hydrogen-bond donors (Lipinski definition) is 2. The minimum Gasteiger partial charge on any atom is -0.484 e. The summed E-state index contributed by atoms with van der Waals surface area (Å²) in [7, 11) is 0. The van der Waals surface area contributed by atoms with Gasteiger partial charge in [-0.2, -0.15) is 0 Å². The Kier molecular flexibility index (Phi) is 9.15. The normalized spacial score (nSPS) is 15.7. The number of piperidine rings is 1. The number of rotatable bonds is 11. The van der Waals surface area contributed by atoms with Crippen LogP contribution in [0.3, 0.4) is 0 Å². The molecule has 0 aliphatic carbocycles. The molecule has 3 rings (SSSR count). The van der Waals surface area contributed by atoms with Crippen molar-refractivity contribution in [3.8, 4) is 11.4 Å². The Morgan fingerprint density at radius 2 is 2.19 bits per heavy atom. The van der Waals surface area contributed by atoms with Gasteiger partial charge in [0.15, 0.2) is 6.61 Å². The number of amides is 1. The molecular weight excluding hydrogens is 406 g/mol. The summed E-state index contributed by atoms with van der Waals surface area (Å²) in [5, 5.41) is 17.5. The van der Waals surface area contributed by atoms with Gasteiger partial charge in [-0.3, -0.25) is 4.79 Å². The zero-order valence-corrected chi connectivity index (χ0v) is 18.5. The first kappa shape index (κ1) is 23.4. The molecule has 2 heterocycles. The summed E-state index contributed by atoms with van der Waals surface area (Å²) in [6, 6.07) is 7.75. The molecule has 0 radical (unpaired) electrons. The van der Waals surface area contributed by atoms with E-state index in [1.54, 1.807) is 24.3 Å². The van der Waals surface area contributed by atoms with Gasteiger partial charge in [0.2, 0.25) is 0 Å². The highest BCUT2D eigenvalue weighted by atomic mass is 16.5. The molecule has 1 aromatic carbocycles. The predicted molar refractivity (Wildman–Crippen MR) is 123 cm³/mol. The minimum atomic E-state index is -0.254. The van der Waals surface area contributed by atoms with E-state index in [1.807, 2.05) is 24.3 Å². The van der Waals surface area contributed by atoms with E-state index in [0.29, 0.717) is 17.5 Å². The zero-order valence-electron chi connectivity index (χ0n) is 18.5. The van der Waals surface area contributed by atoms with Gasteiger partial charge in [0, 0.05) is 24.4 Å². The van der Waals surface area contributed by atoms with E-state index in [4.69, 9.17) is 4.74 Å². The number of likely N-dealkylation sites (tertiary alicyclic amines) is 1. The number of carbonyl (C=O) groups excluding carboxylic acids is 1. The van der Waals surface area contributed by atoms with Crippen molar-refractivity contribution >= 4 is 5.91 Å². The first-order valence-electron chi connectivity index (χ1n) is 10.9. The molecule has 1 aliphatic heterocycles. The van der Waals surface area contributed by atoms with Gasteiger partial charge in [0.1, 0.15) is 12.1 Å². The maximum atomic E-state index is 12.4. The highest BCUT2D eigenvalue weighted by Crippen LogP contribution is 2.15. The SMILES string of the molecule is C=C/C=C(\C=C/CNC1CCN(CC)CC1)NC(=O)COc1cccc(-n2cnnn2)c1. The van der Waals surface area contributed by atoms with E-state index < -0.39 is 0 Å². The van der Waals surface area contributed by atoms with Crippen molar-refractivity contribution in [3.05, 3.63) is 67.2 Å². The summed E-state index contributed by atoms with van der Waals surface area (Å²) >= 11 is 0. The summed E-state index contributed by atoms with van der Waals surface area (Å²) in [6.07, 6.45) is 11.1. The quantitative estimate of drug-likeness (QED) is 0.518. The number of ether oxygens (including phenoxy) is 1. The molecule has 9 heteroatoms. The minimum absolute atomic E-state index is 0.115. The van der Waals surface area contributed by atoms with E-state index in [2.05, 4.69) is 44.6 Å². The number of allylic oxidation sites excluding steroid dienone is 3. The van der Waals surface area contributed by atoms with Crippen LogP contribution in [0.4, 0.5) is 0 Å². The summed E-state index contributed by atoms with van der Waals surface area (Å²) < 4.78 is 7.14. The van der Waals surface area contributed by atoms with Crippen molar-refractivity contribution in [2.75, 3.05) is 32.8 Å². The van der Waals surface area contributed by atoms with Crippen LogP contribution in [0.5, 0.6) is 5.75 Å². The fourth-order valence-electron chi connectivity index (χ4n) is 3.48. The standard InChI is InChI=1S/C23H31N7O2/c1-3-7-20(8-6-13-24-19-11-14-29(4-2)15-12-19)26-23(31)17-32-22-10-5-9-21(16-22)30-18-25-27-28-30/h3,5-10,16,18-19,24H,1,4,11-15,17H2,2H3,(H,26,31)/b8-6-,20-7+. The van der Waals surface area contributed by atoms with Crippen molar-refractivity contribution in [1.29, 1.82) is 0 Å². The second kappa shape index (κ2) is 12.5. The third kappa shape index (κ3) is 7.44. The topological polar surface area (TPSA) is 97.2 Å². The van der Waals surface area contributed by atoms with E-state index in [1.165, 1.54) is 23.9 Å².